The van der Waals surface area contributed by atoms with Gasteiger partial charge in [-0.3, -0.25) is 0 Å². The van der Waals surface area contributed by atoms with Gasteiger partial charge in [0.2, 0.25) is 0 Å². The summed E-state index contributed by atoms with van der Waals surface area (Å²) in [6.45, 7) is 1.89. The topological polar surface area (TPSA) is 32.3 Å². The van der Waals surface area contributed by atoms with Crippen LogP contribution < -0.4 is 5.32 Å². The van der Waals surface area contributed by atoms with E-state index >= 15 is 0 Å². The van der Waals surface area contributed by atoms with Gasteiger partial charge in [-0.15, -0.1) is 0 Å². The van der Waals surface area contributed by atoms with Gasteiger partial charge in [0.15, 0.2) is 6.23 Å². The normalized spacial score (nSPS) is 12.2. The molecule has 0 aromatic carbocycles. The molecule has 0 rings (SSSR count). The molecule has 0 fully saturated rings. The van der Waals surface area contributed by atoms with E-state index in [-0.39, 0.29) is 0 Å². The summed E-state index contributed by atoms with van der Waals surface area (Å²) in [4.78, 5) is 0.580. The maximum absolute atomic E-state index is 8.97. The molecule has 0 saturated heterocycles. The van der Waals surface area contributed by atoms with Gasteiger partial charge in [0, 0.05) is 4.86 Å². The largest absolute Gasteiger partial charge is 0.369 e. The van der Waals surface area contributed by atoms with Crippen LogP contribution >= 0.6 is 24.4 Å². The number of hydrogen-bond acceptors (Lipinski definition) is 3. The molecule has 0 aliphatic rings. The molecule has 1 atom stereocenters. The zero-order valence-corrected chi connectivity index (χ0v) is 6.76. The number of hydrogen-bond donors (Lipinski definition) is 2. The highest BCUT2D eigenvalue weighted by molar-refractivity contribution is 7.80. The van der Waals surface area contributed by atoms with Crippen molar-refractivity contribution in [3.63, 3.8) is 0 Å². The highest BCUT2D eigenvalue weighted by Crippen LogP contribution is 1.88. The predicted molar refractivity (Wildman–Crippen MR) is 45.7 cm³/mol. The van der Waals surface area contributed by atoms with Gasteiger partial charge in [0.1, 0.15) is 0 Å². The molecule has 0 aromatic rings. The first-order valence-corrected chi connectivity index (χ1v) is 3.50. The molecule has 2 nitrogen and oxygen atoms in total. The third-order valence-electron chi connectivity index (χ3n) is 0.879. The molecule has 0 radical (unpaired) electrons. The second-order valence-electron chi connectivity index (χ2n) is 1.51. The molecule has 52 valence electrons. The molecule has 1 unspecified atom stereocenters. The first-order valence-electron chi connectivity index (χ1n) is 2.62. The molecule has 2 N–H and O–H groups in total. The van der Waals surface area contributed by atoms with Crippen molar-refractivity contribution in [1.29, 1.82) is 0 Å². The minimum absolute atomic E-state index is 0.580. The Hall–Kier alpha value is -0.0600. The maximum Gasteiger partial charge on any atom is 0.157 e. The Morgan fingerprint density at radius 2 is 2.44 bits per heavy atom. The molecule has 0 saturated carbocycles. The second-order valence-corrected chi connectivity index (χ2v) is 2.27. The molecule has 0 aliphatic heterocycles. The lowest BCUT2D eigenvalue weighted by molar-refractivity contribution is 0.230. The molecule has 0 spiro atoms. The van der Waals surface area contributed by atoms with Crippen molar-refractivity contribution >= 4 is 34.8 Å². The van der Waals surface area contributed by atoms with E-state index in [9.17, 15) is 0 Å². The van der Waals surface area contributed by atoms with Gasteiger partial charge >= 0.3 is 0 Å². The number of thiocarbonyl (C=S) groups is 2. The van der Waals surface area contributed by atoms with Crippen LogP contribution in [0.5, 0.6) is 0 Å². The predicted octanol–water partition coefficient (Wildman–Crippen LogP) is 0.631. The maximum atomic E-state index is 8.97. The zero-order valence-electron chi connectivity index (χ0n) is 5.13. The summed E-state index contributed by atoms with van der Waals surface area (Å²) in [5, 5.41) is 11.5. The van der Waals surface area contributed by atoms with Crippen molar-refractivity contribution in [2.45, 2.75) is 19.6 Å². The fourth-order valence-corrected chi connectivity index (χ4v) is 0.548. The lowest BCUT2D eigenvalue weighted by atomic mass is 10.3. The number of aliphatic hydroxyl groups excluding tert-OH is 1. The number of aliphatic hydroxyl groups is 1. The van der Waals surface area contributed by atoms with Gasteiger partial charge in [0.05, 0.1) is 5.49 Å². The Kier molecular flexibility index (Phi) is 4.75. The molecule has 0 aromatic heterocycles. The number of rotatable bonds is 4. The average molecular weight is 163 g/mol. The molecule has 4 heteroatoms. The van der Waals surface area contributed by atoms with Crippen molar-refractivity contribution in [2.75, 3.05) is 0 Å². The minimum Gasteiger partial charge on any atom is -0.369 e. The van der Waals surface area contributed by atoms with E-state index in [2.05, 4.69) is 17.5 Å². The van der Waals surface area contributed by atoms with Crippen LogP contribution in [0.4, 0.5) is 0 Å². The number of nitrogens with one attached hydrogen (secondary N) is 1. The van der Waals surface area contributed by atoms with Crippen LogP contribution in [0.2, 0.25) is 0 Å². The van der Waals surface area contributed by atoms with Gasteiger partial charge in [-0.25, -0.2) is 0 Å². The average Bonchev–Trinajstić information content (AvgIpc) is 1.87. The van der Waals surface area contributed by atoms with E-state index in [1.54, 1.807) is 0 Å². The van der Waals surface area contributed by atoms with Crippen LogP contribution in [0.15, 0.2) is 0 Å². The lowest BCUT2D eigenvalue weighted by Gasteiger charge is -2.08. The van der Waals surface area contributed by atoms with Crippen LogP contribution in [-0.4, -0.2) is 21.7 Å². The van der Waals surface area contributed by atoms with Gasteiger partial charge in [0.25, 0.3) is 0 Å². The summed E-state index contributed by atoms with van der Waals surface area (Å²) in [5.41, 5.74) is 1.26. The van der Waals surface area contributed by atoms with E-state index in [1.807, 2.05) is 6.92 Å². The quantitative estimate of drug-likeness (QED) is 0.470. The summed E-state index contributed by atoms with van der Waals surface area (Å²) >= 11 is 9.20. The van der Waals surface area contributed by atoms with Gasteiger partial charge in [-0.1, -0.05) is 31.4 Å². The van der Waals surface area contributed by atoms with Crippen molar-refractivity contribution in [3.8, 4) is 0 Å². The monoisotopic (exact) mass is 163 g/mol. The third kappa shape index (κ3) is 3.51. The zero-order chi connectivity index (χ0) is 7.28. The van der Waals surface area contributed by atoms with Crippen molar-refractivity contribution < 1.29 is 5.11 Å². The van der Waals surface area contributed by atoms with E-state index < -0.39 is 6.23 Å². The standard InChI is InChI=1S/C5H9NOS2/c1-2-4(9)5(7)6-3-8/h3,5,7H,2H2,1H3,(H,6,8). The molecular formula is C5H9NOS2. The van der Waals surface area contributed by atoms with Gasteiger partial charge < -0.3 is 10.4 Å². The Labute approximate surface area is 65.3 Å². The van der Waals surface area contributed by atoms with E-state index in [0.717, 1.165) is 0 Å². The van der Waals surface area contributed by atoms with Crippen molar-refractivity contribution in [1.82, 2.24) is 5.32 Å². The molecule has 0 bridgehead atoms. The van der Waals surface area contributed by atoms with Crippen LogP contribution in [-0.2, 0) is 0 Å². The minimum atomic E-state index is -0.748. The van der Waals surface area contributed by atoms with E-state index in [1.165, 1.54) is 5.49 Å². The summed E-state index contributed by atoms with van der Waals surface area (Å²) in [5.74, 6) is 0. The van der Waals surface area contributed by atoms with Crippen molar-refractivity contribution in [3.05, 3.63) is 0 Å². The first kappa shape index (κ1) is 8.94. The summed E-state index contributed by atoms with van der Waals surface area (Å²) in [7, 11) is 0. The first-order chi connectivity index (χ1) is 4.22. The molecular weight excluding hydrogens is 154 g/mol. The van der Waals surface area contributed by atoms with Gasteiger partial charge in [-0.2, -0.15) is 0 Å². The van der Waals surface area contributed by atoms with Gasteiger partial charge in [-0.05, 0) is 6.42 Å². The third-order valence-corrected chi connectivity index (χ3v) is 1.53. The lowest BCUT2D eigenvalue weighted by Crippen LogP contribution is -2.33. The second kappa shape index (κ2) is 4.78. The Morgan fingerprint density at radius 1 is 1.89 bits per heavy atom. The smallest absolute Gasteiger partial charge is 0.157 e. The van der Waals surface area contributed by atoms with Crippen LogP contribution in [0.1, 0.15) is 13.3 Å². The SMILES string of the molecule is CCC(=S)C(O)NC=S. The Bertz CT molecular complexity index is 116. The van der Waals surface area contributed by atoms with Crippen LogP contribution in [0.25, 0.3) is 0 Å². The molecule has 0 aliphatic carbocycles. The molecule has 0 heterocycles. The Balaban J connectivity index is 3.58. The molecule has 0 amide bonds. The summed E-state index contributed by atoms with van der Waals surface area (Å²) in [6.07, 6.45) is -0.0605. The summed E-state index contributed by atoms with van der Waals surface area (Å²) < 4.78 is 0. The van der Waals surface area contributed by atoms with Crippen molar-refractivity contribution in [2.24, 2.45) is 0 Å². The molecule has 9 heavy (non-hydrogen) atoms. The van der Waals surface area contributed by atoms with Crippen LogP contribution in [0.3, 0.4) is 0 Å². The highest BCUT2D eigenvalue weighted by atomic mass is 32.1. The Morgan fingerprint density at radius 3 is 2.78 bits per heavy atom. The fraction of sp³-hybridized carbons (Fsp3) is 0.600. The fourth-order valence-electron chi connectivity index (χ4n) is 0.351. The van der Waals surface area contributed by atoms with E-state index in [4.69, 9.17) is 17.3 Å². The van der Waals surface area contributed by atoms with E-state index in [0.29, 0.717) is 11.3 Å². The summed E-state index contributed by atoms with van der Waals surface area (Å²) in [6, 6.07) is 0. The van der Waals surface area contributed by atoms with Crippen LogP contribution in [0, 0.1) is 0 Å². The highest BCUT2D eigenvalue weighted by Gasteiger charge is 2.03.